The molecule has 1 aliphatic heterocycles. The number of furan rings is 1. The molecular weight excluding hydrogens is 366 g/mol. The highest BCUT2D eigenvalue weighted by Crippen LogP contribution is 2.11. The van der Waals surface area contributed by atoms with Crippen molar-refractivity contribution < 1.29 is 9.21 Å². The Kier molecular flexibility index (Phi) is 6.36. The molecule has 3 aromatic rings. The molecule has 2 aromatic heterocycles. The molecule has 0 saturated carbocycles. The molecule has 29 heavy (non-hydrogen) atoms. The number of carbonyl (C=O) groups is 1. The number of nitrogens with zero attached hydrogens (tertiary/aromatic N) is 4. The van der Waals surface area contributed by atoms with Crippen molar-refractivity contribution in [2.24, 2.45) is 0 Å². The summed E-state index contributed by atoms with van der Waals surface area (Å²) in [5.74, 6) is 1.87. The van der Waals surface area contributed by atoms with Crippen molar-refractivity contribution in [1.29, 1.82) is 0 Å². The van der Waals surface area contributed by atoms with Gasteiger partial charge in [0.15, 0.2) is 0 Å². The molecule has 1 N–H and O–H groups in total. The van der Waals surface area contributed by atoms with Crippen LogP contribution in [0.1, 0.15) is 34.0 Å². The highest BCUT2D eigenvalue weighted by Gasteiger charge is 2.18. The third-order valence-electron chi connectivity index (χ3n) is 5.40. The Morgan fingerprint density at radius 1 is 1.07 bits per heavy atom. The number of fused-ring (bicyclic) bond motifs is 1. The van der Waals surface area contributed by atoms with E-state index in [2.05, 4.69) is 55.3 Å². The number of rotatable bonds is 8. The molecule has 1 aromatic carbocycles. The van der Waals surface area contributed by atoms with E-state index in [-0.39, 0.29) is 5.91 Å². The first-order chi connectivity index (χ1) is 14.3. The molecule has 152 valence electrons. The average molecular weight is 393 g/mol. The number of benzene rings is 1. The molecular formula is C22H27N5O2. The Hall–Kier alpha value is -2.93. The molecule has 7 heteroatoms. The summed E-state index contributed by atoms with van der Waals surface area (Å²) in [7, 11) is 0. The van der Waals surface area contributed by atoms with Crippen LogP contribution < -0.4 is 5.32 Å². The Labute approximate surface area is 170 Å². The molecule has 1 aliphatic rings. The number of aromatic nitrogens is 3. The van der Waals surface area contributed by atoms with Gasteiger partial charge in [-0.1, -0.05) is 30.3 Å². The topological polar surface area (TPSA) is 76.2 Å². The van der Waals surface area contributed by atoms with Crippen LogP contribution in [0.2, 0.25) is 0 Å². The Balaban J connectivity index is 1.24. The van der Waals surface area contributed by atoms with Gasteiger partial charge in [-0.15, -0.1) is 10.2 Å². The van der Waals surface area contributed by atoms with E-state index in [1.807, 2.05) is 0 Å². The van der Waals surface area contributed by atoms with Crippen LogP contribution in [-0.2, 0) is 25.8 Å². The SMILES string of the molecule is O=C(NCCc1nnc2n1CCN(CCCc1ccccc1)CC2)c1ccoc1. The lowest BCUT2D eigenvalue weighted by Crippen LogP contribution is -2.29. The van der Waals surface area contributed by atoms with Crippen LogP contribution in [-0.4, -0.2) is 51.8 Å². The standard InChI is InChI=1S/C22H27N5O2/c28-22(19-10-16-29-17-19)23-11-8-20-24-25-21-9-13-26(14-15-27(20)21)12-4-7-18-5-2-1-3-6-18/h1-3,5-6,10,16-17H,4,7-9,11-15H2,(H,23,28). The van der Waals surface area contributed by atoms with Crippen LogP contribution in [0.4, 0.5) is 0 Å². The van der Waals surface area contributed by atoms with E-state index >= 15 is 0 Å². The zero-order valence-corrected chi connectivity index (χ0v) is 16.6. The van der Waals surface area contributed by atoms with E-state index in [1.165, 1.54) is 18.1 Å². The monoisotopic (exact) mass is 393 g/mol. The fourth-order valence-electron chi connectivity index (χ4n) is 3.77. The summed E-state index contributed by atoms with van der Waals surface area (Å²) in [4.78, 5) is 14.5. The Morgan fingerprint density at radius 3 is 2.79 bits per heavy atom. The first-order valence-corrected chi connectivity index (χ1v) is 10.3. The molecule has 0 aliphatic carbocycles. The van der Waals surface area contributed by atoms with Gasteiger partial charge in [-0.3, -0.25) is 4.79 Å². The maximum atomic E-state index is 12.0. The lowest BCUT2D eigenvalue weighted by Gasteiger charge is -2.19. The highest BCUT2D eigenvalue weighted by molar-refractivity contribution is 5.93. The van der Waals surface area contributed by atoms with Gasteiger partial charge in [-0.2, -0.15) is 0 Å². The van der Waals surface area contributed by atoms with Crippen LogP contribution in [0, 0.1) is 0 Å². The maximum absolute atomic E-state index is 12.0. The van der Waals surface area contributed by atoms with Crippen molar-refractivity contribution in [1.82, 2.24) is 25.0 Å². The minimum Gasteiger partial charge on any atom is -0.472 e. The molecule has 7 nitrogen and oxygen atoms in total. The number of amides is 1. The third-order valence-corrected chi connectivity index (χ3v) is 5.40. The largest absolute Gasteiger partial charge is 0.472 e. The summed E-state index contributed by atoms with van der Waals surface area (Å²) < 4.78 is 7.17. The van der Waals surface area contributed by atoms with Gasteiger partial charge in [0.1, 0.15) is 17.9 Å². The van der Waals surface area contributed by atoms with Gasteiger partial charge < -0.3 is 19.2 Å². The second-order valence-corrected chi connectivity index (χ2v) is 7.38. The van der Waals surface area contributed by atoms with Crippen molar-refractivity contribution >= 4 is 5.91 Å². The quantitative estimate of drug-likeness (QED) is 0.636. The van der Waals surface area contributed by atoms with Crippen molar-refractivity contribution in [2.45, 2.75) is 32.2 Å². The summed E-state index contributed by atoms with van der Waals surface area (Å²) in [6.45, 7) is 4.56. The first-order valence-electron chi connectivity index (χ1n) is 10.3. The number of hydrogen-bond donors (Lipinski definition) is 1. The van der Waals surface area contributed by atoms with Crippen molar-refractivity contribution in [3.8, 4) is 0 Å². The van der Waals surface area contributed by atoms with E-state index < -0.39 is 0 Å². The van der Waals surface area contributed by atoms with E-state index in [4.69, 9.17) is 4.42 Å². The number of hydrogen-bond acceptors (Lipinski definition) is 5. The van der Waals surface area contributed by atoms with E-state index in [1.54, 1.807) is 6.07 Å². The van der Waals surface area contributed by atoms with Crippen LogP contribution in [0.3, 0.4) is 0 Å². The predicted octanol–water partition coefficient (Wildman–Crippen LogP) is 2.33. The summed E-state index contributed by atoms with van der Waals surface area (Å²) in [5.41, 5.74) is 1.94. The fraction of sp³-hybridized carbons (Fsp3) is 0.409. The molecule has 0 saturated heterocycles. The van der Waals surface area contributed by atoms with Gasteiger partial charge in [0.25, 0.3) is 5.91 Å². The molecule has 0 atom stereocenters. The summed E-state index contributed by atoms with van der Waals surface area (Å²) in [6.07, 6.45) is 6.82. The molecule has 3 heterocycles. The van der Waals surface area contributed by atoms with Crippen molar-refractivity contribution in [2.75, 3.05) is 26.2 Å². The van der Waals surface area contributed by atoms with Crippen molar-refractivity contribution in [3.05, 3.63) is 71.7 Å². The minimum absolute atomic E-state index is 0.126. The molecule has 0 fully saturated rings. The molecule has 0 spiro atoms. The van der Waals surface area contributed by atoms with Gasteiger partial charge in [-0.25, -0.2) is 0 Å². The second-order valence-electron chi connectivity index (χ2n) is 7.38. The Morgan fingerprint density at radius 2 is 1.97 bits per heavy atom. The smallest absolute Gasteiger partial charge is 0.254 e. The zero-order chi connectivity index (χ0) is 19.9. The van der Waals surface area contributed by atoms with E-state index in [9.17, 15) is 4.79 Å². The highest BCUT2D eigenvalue weighted by atomic mass is 16.3. The molecule has 0 unspecified atom stereocenters. The van der Waals surface area contributed by atoms with Crippen molar-refractivity contribution in [3.63, 3.8) is 0 Å². The lowest BCUT2D eigenvalue weighted by molar-refractivity contribution is 0.0953. The van der Waals surface area contributed by atoms with E-state index in [0.717, 1.165) is 57.1 Å². The second kappa shape index (κ2) is 9.52. The van der Waals surface area contributed by atoms with Gasteiger partial charge >= 0.3 is 0 Å². The lowest BCUT2D eigenvalue weighted by atomic mass is 10.1. The summed E-state index contributed by atoms with van der Waals surface area (Å²) in [5, 5.41) is 11.6. The molecule has 0 bridgehead atoms. The number of aryl methyl sites for hydroxylation is 1. The van der Waals surface area contributed by atoms with E-state index in [0.29, 0.717) is 18.5 Å². The molecule has 0 radical (unpaired) electrons. The first kappa shape index (κ1) is 19.4. The van der Waals surface area contributed by atoms with Gasteiger partial charge in [0, 0.05) is 39.0 Å². The van der Waals surface area contributed by atoms with Gasteiger partial charge in [0.2, 0.25) is 0 Å². The Bertz CT molecular complexity index is 905. The summed E-state index contributed by atoms with van der Waals surface area (Å²) >= 11 is 0. The summed E-state index contributed by atoms with van der Waals surface area (Å²) in [6, 6.07) is 12.3. The molecule has 4 rings (SSSR count). The number of nitrogens with one attached hydrogen (secondary N) is 1. The van der Waals surface area contributed by atoms with Gasteiger partial charge in [-0.05, 0) is 31.0 Å². The zero-order valence-electron chi connectivity index (χ0n) is 16.6. The molecule has 1 amide bonds. The fourth-order valence-corrected chi connectivity index (χ4v) is 3.77. The van der Waals surface area contributed by atoms with Crippen LogP contribution in [0.5, 0.6) is 0 Å². The average Bonchev–Trinajstić information content (AvgIpc) is 3.37. The third kappa shape index (κ3) is 5.12. The minimum atomic E-state index is -0.126. The van der Waals surface area contributed by atoms with Crippen LogP contribution in [0.15, 0.2) is 53.3 Å². The maximum Gasteiger partial charge on any atom is 0.254 e. The normalized spacial score (nSPS) is 14.3. The predicted molar refractivity (Wildman–Crippen MR) is 110 cm³/mol. The van der Waals surface area contributed by atoms with Crippen LogP contribution in [0.25, 0.3) is 0 Å². The van der Waals surface area contributed by atoms with Crippen LogP contribution >= 0.6 is 0 Å². The number of carbonyl (C=O) groups excluding carboxylic acids is 1. The van der Waals surface area contributed by atoms with Gasteiger partial charge in [0.05, 0.1) is 11.8 Å².